The summed E-state index contributed by atoms with van der Waals surface area (Å²) in [6.07, 6.45) is 3.69. The van der Waals surface area contributed by atoms with Crippen LogP contribution in [-0.4, -0.2) is 0 Å². The molecule has 0 aliphatic rings. The van der Waals surface area contributed by atoms with Crippen LogP contribution in [0, 0.1) is 0 Å². The predicted molar refractivity (Wildman–Crippen MR) is 63.8 cm³/mol. The smallest absolute Gasteiger partial charge is 0.0320 e. The molecule has 1 aromatic rings. The molecule has 1 heteroatoms. The highest BCUT2D eigenvalue weighted by molar-refractivity contribution is 5.78. The predicted octanol–water partition coefficient (Wildman–Crippen LogP) is 3.41. The molecule has 72 valence electrons. The van der Waals surface area contributed by atoms with Crippen molar-refractivity contribution in [3.05, 3.63) is 60.7 Å². The molecule has 0 radical (unpaired) electrons. The van der Waals surface area contributed by atoms with Crippen LogP contribution in [0.25, 0.3) is 5.57 Å². The Balaban J connectivity index is 3.01. The first-order chi connectivity index (χ1) is 6.65. The van der Waals surface area contributed by atoms with Gasteiger partial charge in [-0.3, -0.25) is 0 Å². The standard InChI is InChI=1S/C13H15N/c1-4-6-10(2)11(3)12-7-5-8-13(14)9-12/h4-9H,1,3,14H2,2H3/b10-6-. The van der Waals surface area contributed by atoms with Crippen molar-refractivity contribution in [2.24, 2.45) is 0 Å². The first kappa shape index (κ1) is 10.3. The van der Waals surface area contributed by atoms with Crippen LogP contribution < -0.4 is 5.73 Å². The molecule has 0 aliphatic heterocycles. The summed E-state index contributed by atoms with van der Waals surface area (Å²) in [5, 5.41) is 0. The Bertz CT molecular complexity index is 386. The highest BCUT2D eigenvalue weighted by atomic mass is 14.5. The molecule has 0 unspecified atom stereocenters. The molecule has 0 heterocycles. The molecule has 14 heavy (non-hydrogen) atoms. The fourth-order valence-corrected chi connectivity index (χ4v) is 1.23. The summed E-state index contributed by atoms with van der Waals surface area (Å²) >= 11 is 0. The van der Waals surface area contributed by atoms with Crippen LogP contribution >= 0.6 is 0 Å². The number of hydrogen-bond donors (Lipinski definition) is 1. The lowest BCUT2D eigenvalue weighted by molar-refractivity contribution is 1.50. The van der Waals surface area contributed by atoms with Gasteiger partial charge in [0.15, 0.2) is 0 Å². The number of nitrogen functional groups attached to an aromatic ring is 1. The lowest BCUT2D eigenvalue weighted by atomic mass is 10.0. The minimum absolute atomic E-state index is 0.759. The van der Waals surface area contributed by atoms with Gasteiger partial charge in [0.25, 0.3) is 0 Å². The van der Waals surface area contributed by atoms with E-state index in [1.807, 2.05) is 37.3 Å². The van der Waals surface area contributed by atoms with Crippen LogP contribution in [0.1, 0.15) is 12.5 Å². The molecular formula is C13H15N. The van der Waals surface area contributed by atoms with Crippen LogP contribution in [0.2, 0.25) is 0 Å². The van der Waals surface area contributed by atoms with Gasteiger partial charge in [0, 0.05) is 5.69 Å². The summed E-state index contributed by atoms with van der Waals surface area (Å²) in [4.78, 5) is 0. The van der Waals surface area contributed by atoms with Gasteiger partial charge in [-0.15, -0.1) is 0 Å². The molecule has 0 aliphatic carbocycles. The number of hydrogen-bond acceptors (Lipinski definition) is 1. The second-order valence-electron chi connectivity index (χ2n) is 3.19. The van der Waals surface area contributed by atoms with Crippen LogP contribution in [-0.2, 0) is 0 Å². The van der Waals surface area contributed by atoms with E-state index < -0.39 is 0 Å². The Morgan fingerprint density at radius 2 is 2.14 bits per heavy atom. The summed E-state index contributed by atoms with van der Waals surface area (Å²) in [5.74, 6) is 0. The van der Waals surface area contributed by atoms with Crippen molar-refractivity contribution in [3.8, 4) is 0 Å². The van der Waals surface area contributed by atoms with Crippen molar-refractivity contribution in [2.45, 2.75) is 6.92 Å². The molecule has 2 N–H and O–H groups in total. The molecule has 0 saturated heterocycles. The van der Waals surface area contributed by atoms with Crippen molar-refractivity contribution >= 4 is 11.3 Å². The van der Waals surface area contributed by atoms with Gasteiger partial charge in [-0.1, -0.05) is 37.4 Å². The number of benzene rings is 1. The van der Waals surface area contributed by atoms with Crippen molar-refractivity contribution in [1.29, 1.82) is 0 Å². The SMILES string of the molecule is C=C/C=C(/C)C(=C)c1cccc(N)c1. The van der Waals surface area contributed by atoms with Crippen LogP contribution in [0.15, 0.2) is 55.1 Å². The van der Waals surface area contributed by atoms with Crippen LogP contribution in [0.5, 0.6) is 0 Å². The topological polar surface area (TPSA) is 26.0 Å². The Kier molecular flexibility index (Phi) is 3.29. The Morgan fingerprint density at radius 1 is 1.43 bits per heavy atom. The Morgan fingerprint density at radius 3 is 2.71 bits per heavy atom. The summed E-state index contributed by atoms with van der Waals surface area (Å²) in [5.41, 5.74) is 9.59. The van der Waals surface area contributed by atoms with Gasteiger partial charge < -0.3 is 5.73 Å². The average Bonchev–Trinajstić information content (AvgIpc) is 2.17. The quantitative estimate of drug-likeness (QED) is 0.566. The van der Waals surface area contributed by atoms with E-state index in [1.54, 1.807) is 6.08 Å². The average molecular weight is 185 g/mol. The van der Waals surface area contributed by atoms with Crippen molar-refractivity contribution < 1.29 is 0 Å². The number of nitrogens with two attached hydrogens (primary N) is 1. The molecular weight excluding hydrogens is 170 g/mol. The molecule has 0 bridgehead atoms. The monoisotopic (exact) mass is 185 g/mol. The Hall–Kier alpha value is -1.76. The van der Waals surface area contributed by atoms with Gasteiger partial charge in [0.1, 0.15) is 0 Å². The zero-order valence-corrected chi connectivity index (χ0v) is 8.46. The summed E-state index contributed by atoms with van der Waals surface area (Å²) in [6, 6.07) is 7.71. The summed E-state index contributed by atoms with van der Waals surface area (Å²) in [7, 11) is 0. The third kappa shape index (κ3) is 2.36. The summed E-state index contributed by atoms with van der Waals surface area (Å²) in [6.45, 7) is 9.67. The lowest BCUT2D eigenvalue weighted by Gasteiger charge is -2.06. The van der Waals surface area contributed by atoms with E-state index in [1.165, 1.54) is 0 Å². The fraction of sp³-hybridized carbons (Fsp3) is 0.0769. The second-order valence-corrected chi connectivity index (χ2v) is 3.19. The first-order valence-electron chi connectivity index (χ1n) is 4.49. The van der Waals surface area contributed by atoms with E-state index in [0.29, 0.717) is 0 Å². The van der Waals surface area contributed by atoms with Crippen molar-refractivity contribution in [1.82, 2.24) is 0 Å². The van der Waals surface area contributed by atoms with E-state index in [4.69, 9.17) is 5.73 Å². The van der Waals surface area contributed by atoms with Gasteiger partial charge in [-0.25, -0.2) is 0 Å². The second kappa shape index (κ2) is 4.47. The molecule has 1 aromatic carbocycles. The van der Waals surface area contributed by atoms with E-state index in [9.17, 15) is 0 Å². The molecule has 1 nitrogen and oxygen atoms in total. The van der Waals surface area contributed by atoms with Crippen LogP contribution in [0.3, 0.4) is 0 Å². The zero-order valence-electron chi connectivity index (χ0n) is 8.46. The maximum absolute atomic E-state index is 5.69. The van der Waals surface area contributed by atoms with Crippen LogP contribution in [0.4, 0.5) is 5.69 Å². The largest absolute Gasteiger partial charge is 0.399 e. The first-order valence-corrected chi connectivity index (χ1v) is 4.49. The van der Waals surface area contributed by atoms with E-state index >= 15 is 0 Å². The maximum atomic E-state index is 5.69. The lowest BCUT2D eigenvalue weighted by Crippen LogP contribution is -1.88. The van der Waals surface area contributed by atoms with Gasteiger partial charge in [-0.2, -0.15) is 0 Å². The zero-order chi connectivity index (χ0) is 10.6. The maximum Gasteiger partial charge on any atom is 0.0320 e. The van der Waals surface area contributed by atoms with E-state index in [-0.39, 0.29) is 0 Å². The number of allylic oxidation sites excluding steroid dienone is 4. The Labute approximate surface area is 85.3 Å². The molecule has 1 rings (SSSR count). The van der Waals surface area contributed by atoms with E-state index in [2.05, 4.69) is 13.2 Å². The molecule has 0 amide bonds. The third-order valence-electron chi connectivity index (χ3n) is 2.08. The van der Waals surface area contributed by atoms with Gasteiger partial charge in [-0.05, 0) is 35.8 Å². The van der Waals surface area contributed by atoms with E-state index in [0.717, 1.165) is 22.4 Å². The van der Waals surface area contributed by atoms with Crippen molar-refractivity contribution in [3.63, 3.8) is 0 Å². The molecule has 0 saturated carbocycles. The van der Waals surface area contributed by atoms with Gasteiger partial charge in [0.2, 0.25) is 0 Å². The number of rotatable bonds is 3. The minimum Gasteiger partial charge on any atom is -0.399 e. The van der Waals surface area contributed by atoms with Gasteiger partial charge >= 0.3 is 0 Å². The minimum atomic E-state index is 0.759. The molecule has 0 spiro atoms. The highest BCUT2D eigenvalue weighted by Gasteiger charge is 2.00. The fourth-order valence-electron chi connectivity index (χ4n) is 1.23. The highest BCUT2D eigenvalue weighted by Crippen LogP contribution is 2.22. The third-order valence-corrected chi connectivity index (χ3v) is 2.08. The summed E-state index contributed by atoms with van der Waals surface area (Å²) < 4.78 is 0. The molecule has 0 atom stereocenters. The normalized spacial score (nSPS) is 11.1. The molecule has 0 fully saturated rings. The van der Waals surface area contributed by atoms with Gasteiger partial charge in [0.05, 0.1) is 0 Å². The number of anilines is 1. The van der Waals surface area contributed by atoms with Crippen molar-refractivity contribution in [2.75, 3.05) is 5.73 Å². The molecule has 0 aromatic heterocycles.